The summed E-state index contributed by atoms with van der Waals surface area (Å²) in [5.74, 6) is 7.58. The first-order valence-corrected chi connectivity index (χ1v) is 15.1. The first-order valence-electron chi connectivity index (χ1n) is 7.74. The quantitative estimate of drug-likeness (QED) is 0.582. The van der Waals surface area contributed by atoms with E-state index in [2.05, 4.69) is 68.4 Å². The molecule has 104 valence electrons. The van der Waals surface area contributed by atoms with E-state index in [1.807, 2.05) is 0 Å². The Morgan fingerprint density at radius 3 is 1.84 bits per heavy atom. The van der Waals surface area contributed by atoms with Gasteiger partial charge < -0.3 is 0 Å². The van der Waals surface area contributed by atoms with Gasteiger partial charge in [-0.05, 0) is 0 Å². The fourth-order valence-corrected chi connectivity index (χ4v) is 8.14. The molecule has 0 unspecified atom stereocenters. The molecule has 1 rings (SSSR count). The van der Waals surface area contributed by atoms with Gasteiger partial charge in [-0.3, -0.25) is 0 Å². The van der Waals surface area contributed by atoms with E-state index in [9.17, 15) is 0 Å². The van der Waals surface area contributed by atoms with E-state index in [-0.39, 0.29) is 0 Å². The molecule has 2 heteroatoms. The predicted octanol–water partition coefficient (Wildman–Crippen LogP) is 5.80. The van der Waals surface area contributed by atoms with Crippen LogP contribution < -0.4 is 0 Å². The average molecular weight is 317 g/mol. The number of allylic oxidation sites excluding steroid dienone is 1. The molecule has 0 aromatic heterocycles. The first-order chi connectivity index (χ1) is 8.95. The molecular weight excluding hydrogens is 288 g/mol. The second-order valence-electron chi connectivity index (χ2n) is 6.38. The van der Waals surface area contributed by atoms with Crippen LogP contribution in [-0.4, -0.2) is 20.0 Å². The zero-order valence-corrected chi connectivity index (χ0v) is 15.7. The molecular formula is C17H29BGe. The van der Waals surface area contributed by atoms with Crippen molar-refractivity contribution in [1.82, 2.24) is 0 Å². The van der Waals surface area contributed by atoms with E-state index >= 15 is 0 Å². The van der Waals surface area contributed by atoms with E-state index < -0.39 is 13.3 Å². The van der Waals surface area contributed by atoms with Crippen LogP contribution in [0.2, 0.25) is 29.9 Å². The molecule has 0 saturated heterocycles. The van der Waals surface area contributed by atoms with Crippen LogP contribution in [0.5, 0.6) is 0 Å². The van der Waals surface area contributed by atoms with E-state index in [1.165, 1.54) is 24.6 Å². The third kappa shape index (κ3) is 4.27. The average Bonchev–Trinajstić information content (AvgIpc) is 2.38. The molecule has 0 aliphatic rings. The van der Waals surface area contributed by atoms with Crippen LogP contribution in [0, 0.1) is 0 Å². The van der Waals surface area contributed by atoms with Crippen LogP contribution >= 0.6 is 0 Å². The van der Waals surface area contributed by atoms with Crippen LogP contribution in [-0.2, 0) is 0 Å². The van der Waals surface area contributed by atoms with Crippen LogP contribution in [0.25, 0.3) is 4.41 Å². The summed E-state index contributed by atoms with van der Waals surface area (Å²) in [7, 11) is 0. The van der Waals surface area contributed by atoms with Gasteiger partial charge in [0.2, 0.25) is 0 Å². The Kier molecular flexibility index (Phi) is 6.45. The van der Waals surface area contributed by atoms with Crippen molar-refractivity contribution in [3.05, 3.63) is 41.4 Å². The van der Waals surface area contributed by atoms with Crippen molar-refractivity contribution in [3.8, 4) is 0 Å². The molecule has 0 atom stereocenters. The minimum atomic E-state index is -1.86. The zero-order valence-electron chi connectivity index (χ0n) is 13.6. The van der Waals surface area contributed by atoms with Crippen molar-refractivity contribution in [2.75, 3.05) is 0 Å². The Labute approximate surface area is 123 Å². The van der Waals surface area contributed by atoms with Crippen LogP contribution in [0.3, 0.4) is 0 Å². The summed E-state index contributed by atoms with van der Waals surface area (Å²) in [4.78, 5) is 0. The Bertz CT molecular complexity index is 411. The monoisotopic (exact) mass is 318 g/mol. The van der Waals surface area contributed by atoms with Gasteiger partial charge in [0.15, 0.2) is 0 Å². The topological polar surface area (TPSA) is 0 Å². The zero-order chi connectivity index (χ0) is 14.5. The summed E-state index contributed by atoms with van der Waals surface area (Å²) in [6.07, 6.45) is 3.75. The van der Waals surface area contributed by atoms with Gasteiger partial charge in [0.1, 0.15) is 0 Å². The maximum atomic E-state index is 2.53. The summed E-state index contributed by atoms with van der Waals surface area (Å²) >= 11 is -1.86. The molecule has 0 spiro atoms. The normalized spacial score (nSPS) is 13.2. The standard InChI is InChI=1S/C17H29BGe/c1-7-16(18(8-2)9-3)17(19(4,5)6)15-13-11-10-12-14-15/h10-14H,7-9H2,1-6H3/b17-16-. The van der Waals surface area contributed by atoms with Gasteiger partial charge >= 0.3 is 123 Å². The molecule has 0 aliphatic heterocycles. The Morgan fingerprint density at radius 1 is 0.947 bits per heavy atom. The molecule has 1 aromatic carbocycles. The molecule has 0 heterocycles. The van der Waals surface area contributed by atoms with Crippen molar-refractivity contribution >= 4 is 24.4 Å². The van der Waals surface area contributed by atoms with E-state index in [0.717, 1.165) is 6.71 Å². The molecule has 1 aromatic rings. The Hall–Kier alpha value is -0.432. The summed E-state index contributed by atoms with van der Waals surface area (Å²) in [6.45, 7) is 7.78. The van der Waals surface area contributed by atoms with Crippen molar-refractivity contribution < 1.29 is 0 Å². The minimum absolute atomic E-state index is 0.769. The summed E-state index contributed by atoms with van der Waals surface area (Å²) < 4.78 is 1.75. The molecule has 0 saturated carbocycles. The SMILES string of the molecule is CCB(CC)/C(CC)=[C](/c1ccccc1)[Ge]([CH3])([CH3])[CH3]. The molecule has 0 N–H and O–H groups in total. The molecule has 0 fully saturated rings. The first kappa shape index (κ1) is 16.6. The van der Waals surface area contributed by atoms with Gasteiger partial charge in [0.05, 0.1) is 0 Å². The number of hydrogen-bond donors (Lipinski definition) is 0. The number of hydrogen-bond acceptors (Lipinski definition) is 0. The van der Waals surface area contributed by atoms with Crippen LogP contribution in [0.1, 0.15) is 32.8 Å². The number of benzene rings is 1. The molecule has 0 nitrogen and oxygen atoms in total. The molecule has 19 heavy (non-hydrogen) atoms. The van der Waals surface area contributed by atoms with Gasteiger partial charge in [0, 0.05) is 0 Å². The number of rotatable bonds is 6. The Balaban J connectivity index is 3.45. The molecule has 0 aliphatic carbocycles. The van der Waals surface area contributed by atoms with E-state index in [4.69, 9.17) is 0 Å². The van der Waals surface area contributed by atoms with Crippen LogP contribution in [0.4, 0.5) is 0 Å². The van der Waals surface area contributed by atoms with E-state index in [1.54, 1.807) is 9.88 Å². The predicted molar refractivity (Wildman–Crippen MR) is 93.7 cm³/mol. The maximum absolute atomic E-state index is 2.53. The Morgan fingerprint density at radius 2 is 1.47 bits per heavy atom. The fourth-order valence-electron chi connectivity index (χ4n) is 3.16. The van der Waals surface area contributed by atoms with Crippen LogP contribution in [0.15, 0.2) is 35.8 Å². The molecule has 0 amide bonds. The van der Waals surface area contributed by atoms with Gasteiger partial charge in [-0.1, -0.05) is 0 Å². The van der Waals surface area contributed by atoms with E-state index in [0.29, 0.717) is 0 Å². The van der Waals surface area contributed by atoms with Gasteiger partial charge in [-0.2, -0.15) is 0 Å². The molecule has 0 bridgehead atoms. The third-order valence-electron chi connectivity index (χ3n) is 3.99. The molecule has 0 radical (unpaired) electrons. The van der Waals surface area contributed by atoms with Crippen molar-refractivity contribution in [2.24, 2.45) is 0 Å². The third-order valence-corrected chi connectivity index (χ3v) is 8.42. The van der Waals surface area contributed by atoms with Gasteiger partial charge in [-0.15, -0.1) is 0 Å². The summed E-state index contributed by atoms with van der Waals surface area (Å²) in [6, 6.07) is 11.1. The van der Waals surface area contributed by atoms with Gasteiger partial charge in [-0.25, -0.2) is 0 Å². The summed E-state index contributed by atoms with van der Waals surface area (Å²) in [5.41, 5.74) is 3.22. The second kappa shape index (κ2) is 7.38. The summed E-state index contributed by atoms with van der Waals surface area (Å²) in [5, 5.41) is 0. The van der Waals surface area contributed by atoms with Crippen molar-refractivity contribution in [1.29, 1.82) is 0 Å². The van der Waals surface area contributed by atoms with Gasteiger partial charge in [0.25, 0.3) is 0 Å². The second-order valence-corrected chi connectivity index (χ2v) is 16.9. The fraction of sp³-hybridized carbons (Fsp3) is 0.529. The van der Waals surface area contributed by atoms with Crippen molar-refractivity contribution in [2.45, 2.75) is 57.1 Å². The van der Waals surface area contributed by atoms with Crippen molar-refractivity contribution in [3.63, 3.8) is 0 Å².